The van der Waals surface area contributed by atoms with E-state index in [0.717, 1.165) is 43.5 Å². The minimum atomic E-state index is -0.0697. The summed E-state index contributed by atoms with van der Waals surface area (Å²) in [6, 6.07) is 7.78. The Morgan fingerprint density at radius 3 is 2.96 bits per heavy atom. The van der Waals surface area contributed by atoms with Gasteiger partial charge in [0.15, 0.2) is 0 Å². The summed E-state index contributed by atoms with van der Waals surface area (Å²) in [7, 11) is 0. The van der Waals surface area contributed by atoms with Crippen molar-refractivity contribution in [1.82, 2.24) is 9.80 Å². The number of carbonyl (C=O) groups is 2. The number of aryl methyl sites for hydroxylation is 1. The van der Waals surface area contributed by atoms with Gasteiger partial charge in [-0.25, -0.2) is 4.79 Å². The van der Waals surface area contributed by atoms with Crippen molar-refractivity contribution in [3.05, 3.63) is 29.3 Å². The van der Waals surface area contributed by atoms with Crippen LogP contribution < -0.4 is 5.32 Å². The van der Waals surface area contributed by atoms with Crippen LogP contribution in [0.1, 0.15) is 43.7 Å². The molecule has 0 radical (unpaired) electrons. The maximum atomic E-state index is 12.9. The maximum Gasteiger partial charge on any atom is 0.321 e. The smallest absolute Gasteiger partial charge is 0.321 e. The number of nitrogens with zero attached hydrogens (tertiary/aromatic N) is 3. The molecule has 3 aliphatic rings. The fourth-order valence-electron chi connectivity index (χ4n) is 5.05. The number of likely N-dealkylation sites (tertiary alicyclic amines) is 1. The highest BCUT2D eigenvalue weighted by molar-refractivity contribution is 5.90. The molecular formula is C21H26N4O2. The summed E-state index contributed by atoms with van der Waals surface area (Å²) in [4.78, 5) is 29.2. The van der Waals surface area contributed by atoms with Gasteiger partial charge in [-0.05, 0) is 61.3 Å². The van der Waals surface area contributed by atoms with E-state index in [0.29, 0.717) is 48.9 Å². The molecule has 2 bridgehead atoms. The Hall–Kier alpha value is -2.55. The van der Waals surface area contributed by atoms with Crippen LogP contribution in [0.25, 0.3) is 0 Å². The van der Waals surface area contributed by atoms with Gasteiger partial charge in [-0.2, -0.15) is 5.26 Å². The van der Waals surface area contributed by atoms with Crippen LogP contribution in [-0.4, -0.2) is 47.4 Å². The Morgan fingerprint density at radius 2 is 2.19 bits per heavy atom. The van der Waals surface area contributed by atoms with Gasteiger partial charge in [0.2, 0.25) is 5.91 Å². The Morgan fingerprint density at radius 1 is 1.33 bits per heavy atom. The molecule has 142 valence electrons. The molecule has 3 heterocycles. The fraction of sp³-hybridized carbons (Fsp3) is 0.571. The lowest BCUT2D eigenvalue weighted by Crippen LogP contribution is -2.61. The lowest BCUT2D eigenvalue weighted by atomic mass is 9.76. The maximum absolute atomic E-state index is 12.9. The van der Waals surface area contributed by atoms with E-state index in [2.05, 4.69) is 16.3 Å². The van der Waals surface area contributed by atoms with Crippen molar-refractivity contribution in [3.63, 3.8) is 0 Å². The van der Waals surface area contributed by atoms with Crippen molar-refractivity contribution in [2.75, 3.05) is 25.0 Å². The number of benzene rings is 1. The first-order valence-electron chi connectivity index (χ1n) is 9.97. The molecule has 27 heavy (non-hydrogen) atoms. The lowest BCUT2D eigenvalue weighted by molar-refractivity contribution is -0.144. The number of nitrogens with one attached hydrogen (secondary N) is 1. The third-order valence-electron chi connectivity index (χ3n) is 6.32. The minimum Gasteiger partial charge on any atom is -0.339 e. The van der Waals surface area contributed by atoms with E-state index in [1.54, 1.807) is 6.07 Å². The molecule has 4 rings (SSSR count). The SMILES string of the molecule is CCc1cc(C#N)ccc1NC(=O)N1CC2CC(C1)[C@@H]1CCCC(=O)N1C2. The zero-order valence-corrected chi connectivity index (χ0v) is 15.8. The summed E-state index contributed by atoms with van der Waals surface area (Å²) in [6.45, 7) is 4.23. The topological polar surface area (TPSA) is 76.4 Å². The monoisotopic (exact) mass is 366 g/mol. The van der Waals surface area contributed by atoms with E-state index < -0.39 is 0 Å². The van der Waals surface area contributed by atoms with E-state index >= 15 is 0 Å². The number of rotatable bonds is 2. The predicted octanol–water partition coefficient (Wildman–Crippen LogP) is 2.99. The average molecular weight is 366 g/mol. The summed E-state index contributed by atoms with van der Waals surface area (Å²) in [5, 5.41) is 12.1. The van der Waals surface area contributed by atoms with Crippen molar-refractivity contribution in [2.45, 2.75) is 45.1 Å². The standard InChI is InChI=1S/C21H26N4O2/c1-2-16-8-14(10-22)6-7-18(16)23-21(27)24-11-15-9-17(13-24)19-4-3-5-20(26)25(19)12-15/h6-8,15,17,19H,2-5,9,11-13H2,1H3,(H,23,27)/t15?,17?,19-/m0/s1. The second kappa shape index (κ2) is 7.22. The number of hydrogen-bond acceptors (Lipinski definition) is 3. The van der Waals surface area contributed by atoms with Crippen LogP contribution in [0.5, 0.6) is 0 Å². The van der Waals surface area contributed by atoms with Gasteiger partial charge >= 0.3 is 6.03 Å². The molecule has 0 aliphatic carbocycles. The highest BCUT2D eigenvalue weighted by atomic mass is 16.2. The van der Waals surface area contributed by atoms with E-state index in [1.807, 2.05) is 24.0 Å². The van der Waals surface area contributed by atoms with Crippen molar-refractivity contribution in [1.29, 1.82) is 5.26 Å². The predicted molar refractivity (Wildman–Crippen MR) is 102 cm³/mol. The minimum absolute atomic E-state index is 0.0697. The van der Waals surface area contributed by atoms with Crippen molar-refractivity contribution in [2.24, 2.45) is 11.8 Å². The summed E-state index contributed by atoms with van der Waals surface area (Å²) in [6.07, 6.45) is 4.59. The van der Waals surface area contributed by atoms with E-state index in [1.165, 1.54) is 0 Å². The second-order valence-corrected chi connectivity index (χ2v) is 8.04. The van der Waals surface area contributed by atoms with E-state index in [4.69, 9.17) is 5.26 Å². The van der Waals surface area contributed by atoms with Crippen molar-refractivity contribution in [3.8, 4) is 6.07 Å². The van der Waals surface area contributed by atoms with Gasteiger partial charge < -0.3 is 15.1 Å². The quantitative estimate of drug-likeness (QED) is 0.874. The fourth-order valence-corrected chi connectivity index (χ4v) is 5.05. The van der Waals surface area contributed by atoms with Crippen LogP contribution in [0.4, 0.5) is 10.5 Å². The summed E-state index contributed by atoms with van der Waals surface area (Å²) < 4.78 is 0. The zero-order valence-electron chi connectivity index (χ0n) is 15.8. The number of piperidine rings is 3. The molecule has 0 spiro atoms. The molecule has 0 saturated carbocycles. The number of fused-ring (bicyclic) bond motifs is 4. The summed E-state index contributed by atoms with van der Waals surface area (Å²) >= 11 is 0. The van der Waals surface area contributed by atoms with Crippen molar-refractivity contribution < 1.29 is 9.59 Å². The largest absolute Gasteiger partial charge is 0.339 e. The highest BCUT2D eigenvalue weighted by Crippen LogP contribution is 2.38. The number of hydrogen-bond donors (Lipinski definition) is 1. The molecule has 3 saturated heterocycles. The number of anilines is 1. The molecular weight excluding hydrogens is 340 g/mol. The van der Waals surface area contributed by atoms with Crippen LogP contribution >= 0.6 is 0 Å². The Bertz CT molecular complexity index is 800. The molecule has 3 fully saturated rings. The van der Waals surface area contributed by atoms with Gasteiger partial charge in [0, 0.05) is 37.8 Å². The van der Waals surface area contributed by atoms with Gasteiger partial charge in [0.05, 0.1) is 11.6 Å². The van der Waals surface area contributed by atoms with Crippen LogP contribution in [0.3, 0.4) is 0 Å². The molecule has 3 atom stereocenters. The lowest BCUT2D eigenvalue weighted by Gasteiger charge is -2.52. The van der Waals surface area contributed by atoms with Crippen LogP contribution in [0.2, 0.25) is 0 Å². The third kappa shape index (κ3) is 3.39. The van der Waals surface area contributed by atoms with Crippen molar-refractivity contribution >= 4 is 17.6 Å². The molecule has 2 unspecified atom stereocenters. The van der Waals surface area contributed by atoms with Gasteiger partial charge in [0.25, 0.3) is 0 Å². The average Bonchev–Trinajstić information content (AvgIpc) is 2.69. The Labute approximate surface area is 160 Å². The number of amides is 3. The highest BCUT2D eigenvalue weighted by Gasteiger charge is 2.44. The van der Waals surface area contributed by atoms with Crippen LogP contribution in [0, 0.1) is 23.2 Å². The van der Waals surface area contributed by atoms with Crippen LogP contribution in [-0.2, 0) is 11.2 Å². The molecule has 3 aliphatic heterocycles. The normalized spacial score (nSPS) is 27.0. The number of nitriles is 1. The second-order valence-electron chi connectivity index (χ2n) is 8.04. The van der Waals surface area contributed by atoms with E-state index in [-0.39, 0.29) is 6.03 Å². The van der Waals surface area contributed by atoms with Gasteiger partial charge in [-0.1, -0.05) is 6.92 Å². The molecule has 1 N–H and O–H groups in total. The molecule has 6 heteroatoms. The molecule has 1 aromatic carbocycles. The molecule has 6 nitrogen and oxygen atoms in total. The third-order valence-corrected chi connectivity index (χ3v) is 6.32. The number of urea groups is 1. The Kier molecular flexibility index (Phi) is 4.77. The summed E-state index contributed by atoms with van der Waals surface area (Å²) in [5.41, 5.74) is 2.37. The van der Waals surface area contributed by atoms with E-state index in [9.17, 15) is 9.59 Å². The first-order chi connectivity index (χ1) is 13.1. The molecule has 3 amide bonds. The zero-order chi connectivity index (χ0) is 19.0. The Balaban J connectivity index is 1.47. The molecule has 0 aromatic heterocycles. The first kappa shape index (κ1) is 17.8. The van der Waals surface area contributed by atoms with Crippen LogP contribution in [0.15, 0.2) is 18.2 Å². The van der Waals surface area contributed by atoms with Gasteiger partial charge in [0.1, 0.15) is 0 Å². The summed E-state index contributed by atoms with van der Waals surface area (Å²) in [5.74, 6) is 1.06. The number of carbonyl (C=O) groups excluding carboxylic acids is 2. The first-order valence-corrected chi connectivity index (χ1v) is 9.97. The van der Waals surface area contributed by atoms with Gasteiger partial charge in [-0.15, -0.1) is 0 Å². The van der Waals surface area contributed by atoms with Gasteiger partial charge in [-0.3, -0.25) is 4.79 Å². The molecule has 1 aromatic rings.